The number of nitrogens with one attached hydrogen (secondary N) is 1. The van der Waals surface area contributed by atoms with Gasteiger partial charge in [0, 0.05) is 24.4 Å². The van der Waals surface area contributed by atoms with Crippen LogP contribution < -0.4 is 5.32 Å². The van der Waals surface area contributed by atoms with Crippen LogP contribution in [0, 0.1) is 5.92 Å². The van der Waals surface area contributed by atoms with Crippen LogP contribution in [-0.2, 0) is 4.79 Å². The van der Waals surface area contributed by atoms with Crippen molar-refractivity contribution in [2.45, 2.75) is 19.3 Å². The minimum Gasteiger partial charge on any atom is -0.310 e. The summed E-state index contributed by atoms with van der Waals surface area (Å²) < 4.78 is 1.76. The van der Waals surface area contributed by atoms with E-state index in [4.69, 9.17) is 0 Å². The maximum atomic E-state index is 11.8. The van der Waals surface area contributed by atoms with Gasteiger partial charge in [-0.05, 0) is 12.8 Å². The molecule has 2 aromatic rings. The first-order valence-corrected chi connectivity index (χ1v) is 5.94. The Kier molecular flexibility index (Phi) is 2.76. The Labute approximate surface area is 104 Å². The van der Waals surface area contributed by atoms with Gasteiger partial charge in [0.25, 0.3) is 0 Å². The molecule has 0 bridgehead atoms. The lowest BCUT2D eigenvalue weighted by atomic mass is 9.85. The molecule has 1 fully saturated rings. The lowest BCUT2D eigenvalue weighted by molar-refractivity contribution is -0.122. The third kappa shape index (κ3) is 2.09. The molecular weight excluding hydrogens is 230 g/mol. The van der Waals surface area contributed by atoms with E-state index in [1.165, 1.54) is 6.33 Å². The Hall–Kier alpha value is -2.24. The zero-order valence-electron chi connectivity index (χ0n) is 9.78. The highest BCUT2D eigenvalue weighted by molar-refractivity contribution is 5.92. The van der Waals surface area contributed by atoms with Crippen LogP contribution >= 0.6 is 0 Å². The number of carbonyl (C=O) groups excluding carboxylic acids is 1. The van der Waals surface area contributed by atoms with Crippen LogP contribution in [0.2, 0.25) is 0 Å². The second-order valence-corrected chi connectivity index (χ2v) is 4.35. The van der Waals surface area contributed by atoms with Crippen molar-refractivity contribution in [3.63, 3.8) is 0 Å². The van der Waals surface area contributed by atoms with Gasteiger partial charge in [0.1, 0.15) is 24.3 Å². The Bertz CT molecular complexity index is 547. The molecule has 0 aliphatic heterocycles. The van der Waals surface area contributed by atoms with E-state index in [9.17, 15) is 4.79 Å². The van der Waals surface area contributed by atoms with E-state index in [1.54, 1.807) is 29.4 Å². The van der Waals surface area contributed by atoms with Crippen molar-refractivity contribution in [2.24, 2.45) is 5.92 Å². The van der Waals surface area contributed by atoms with Crippen molar-refractivity contribution in [3.05, 3.63) is 31.1 Å². The maximum Gasteiger partial charge on any atom is 0.228 e. The summed E-state index contributed by atoms with van der Waals surface area (Å²) in [6.45, 7) is 0. The predicted octanol–water partition coefficient (Wildman–Crippen LogP) is 1.40. The summed E-state index contributed by atoms with van der Waals surface area (Å²) >= 11 is 0. The SMILES string of the molecule is O=C(Nc1cc(-n2ccnc2)ncn1)C1CCC1. The minimum absolute atomic E-state index is 0.0523. The van der Waals surface area contributed by atoms with Crippen molar-refractivity contribution in [1.82, 2.24) is 19.5 Å². The summed E-state index contributed by atoms with van der Waals surface area (Å²) in [5, 5.41) is 2.82. The normalized spacial score (nSPS) is 15.1. The molecule has 6 heteroatoms. The van der Waals surface area contributed by atoms with Gasteiger partial charge in [-0.15, -0.1) is 0 Å². The number of hydrogen-bond donors (Lipinski definition) is 1. The van der Waals surface area contributed by atoms with Gasteiger partial charge in [0.05, 0.1) is 0 Å². The number of aromatic nitrogens is 4. The maximum absolute atomic E-state index is 11.8. The first kappa shape index (κ1) is 10.9. The van der Waals surface area contributed by atoms with Gasteiger partial charge in [0.2, 0.25) is 5.91 Å². The van der Waals surface area contributed by atoms with E-state index in [1.807, 2.05) is 0 Å². The van der Waals surface area contributed by atoms with Gasteiger partial charge >= 0.3 is 0 Å². The minimum atomic E-state index is 0.0523. The van der Waals surface area contributed by atoms with Crippen molar-refractivity contribution in [1.29, 1.82) is 0 Å². The fourth-order valence-corrected chi connectivity index (χ4v) is 1.85. The molecule has 3 rings (SSSR count). The second-order valence-electron chi connectivity index (χ2n) is 4.35. The molecular formula is C12H13N5O. The Morgan fingerprint density at radius 1 is 1.39 bits per heavy atom. The van der Waals surface area contributed by atoms with Crippen LogP contribution in [0.4, 0.5) is 5.82 Å². The molecule has 92 valence electrons. The van der Waals surface area contributed by atoms with Gasteiger partial charge in [0.15, 0.2) is 0 Å². The Balaban J connectivity index is 1.76. The van der Waals surface area contributed by atoms with E-state index >= 15 is 0 Å². The first-order valence-electron chi connectivity index (χ1n) is 5.94. The quantitative estimate of drug-likeness (QED) is 0.884. The van der Waals surface area contributed by atoms with Crippen molar-refractivity contribution < 1.29 is 4.79 Å². The summed E-state index contributed by atoms with van der Waals surface area (Å²) in [5.74, 6) is 1.42. The molecule has 0 saturated heterocycles. The van der Waals surface area contributed by atoms with Crippen LogP contribution in [0.15, 0.2) is 31.1 Å². The van der Waals surface area contributed by atoms with Gasteiger partial charge in [-0.25, -0.2) is 15.0 Å². The van der Waals surface area contributed by atoms with Gasteiger partial charge in [-0.1, -0.05) is 6.42 Å². The third-order valence-electron chi connectivity index (χ3n) is 3.15. The highest BCUT2D eigenvalue weighted by atomic mass is 16.2. The topological polar surface area (TPSA) is 72.7 Å². The molecule has 1 N–H and O–H groups in total. The smallest absolute Gasteiger partial charge is 0.228 e. The van der Waals surface area contributed by atoms with Crippen LogP contribution in [0.25, 0.3) is 5.82 Å². The van der Waals surface area contributed by atoms with Crippen molar-refractivity contribution >= 4 is 11.7 Å². The van der Waals surface area contributed by atoms with Crippen LogP contribution in [0.1, 0.15) is 19.3 Å². The lowest BCUT2D eigenvalue weighted by Gasteiger charge is -2.23. The number of nitrogens with zero attached hydrogens (tertiary/aromatic N) is 4. The highest BCUT2D eigenvalue weighted by Crippen LogP contribution is 2.27. The molecule has 1 saturated carbocycles. The predicted molar refractivity (Wildman–Crippen MR) is 65.1 cm³/mol. The monoisotopic (exact) mass is 243 g/mol. The summed E-state index contributed by atoms with van der Waals surface area (Å²) in [6.07, 6.45) is 9.65. The Morgan fingerprint density at radius 3 is 2.94 bits per heavy atom. The number of anilines is 1. The number of amides is 1. The molecule has 1 amide bonds. The second kappa shape index (κ2) is 4.56. The van der Waals surface area contributed by atoms with Crippen LogP contribution in [-0.4, -0.2) is 25.4 Å². The molecule has 0 radical (unpaired) electrons. The molecule has 0 aromatic carbocycles. The van der Waals surface area contributed by atoms with E-state index in [0.29, 0.717) is 11.6 Å². The molecule has 6 nitrogen and oxygen atoms in total. The van der Waals surface area contributed by atoms with E-state index in [0.717, 1.165) is 19.3 Å². The average molecular weight is 243 g/mol. The van der Waals surface area contributed by atoms with Gasteiger partial charge < -0.3 is 5.32 Å². The number of rotatable bonds is 3. The molecule has 0 unspecified atom stereocenters. The van der Waals surface area contributed by atoms with Crippen LogP contribution in [0.3, 0.4) is 0 Å². The fraction of sp³-hybridized carbons (Fsp3) is 0.333. The number of hydrogen-bond acceptors (Lipinski definition) is 4. The summed E-state index contributed by atoms with van der Waals surface area (Å²) in [7, 11) is 0. The first-order chi connectivity index (χ1) is 8.83. The summed E-state index contributed by atoms with van der Waals surface area (Å²) in [4.78, 5) is 23.9. The van der Waals surface area contributed by atoms with Crippen LogP contribution in [0.5, 0.6) is 0 Å². The fourth-order valence-electron chi connectivity index (χ4n) is 1.85. The largest absolute Gasteiger partial charge is 0.310 e. The van der Waals surface area contributed by atoms with E-state index in [-0.39, 0.29) is 11.8 Å². The Morgan fingerprint density at radius 2 is 2.28 bits per heavy atom. The molecule has 0 atom stereocenters. The van der Waals surface area contributed by atoms with Gasteiger partial charge in [-0.3, -0.25) is 9.36 Å². The van der Waals surface area contributed by atoms with Crippen molar-refractivity contribution in [2.75, 3.05) is 5.32 Å². The molecule has 18 heavy (non-hydrogen) atoms. The zero-order chi connectivity index (χ0) is 12.4. The molecule has 2 aromatic heterocycles. The lowest BCUT2D eigenvalue weighted by Crippen LogP contribution is -2.28. The van der Waals surface area contributed by atoms with Gasteiger partial charge in [-0.2, -0.15) is 0 Å². The summed E-state index contributed by atoms with van der Waals surface area (Å²) in [6, 6.07) is 1.73. The summed E-state index contributed by atoms with van der Waals surface area (Å²) in [5.41, 5.74) is 0. The zero-order valence-corrected chi connectivity index (χ0v) is 9.78. The van der Waals surface area contributed by atoms with E-state index < -0.39 is 0 Å². The van der Waals surface area contributed by atoms with E-state index in [2.05, 4.69) is 20.3 Å². The third-order valence-corrected chi connectivity index (χ3v) is 3.15. The molecule has 2 heterocycles. The average Bonchev–Trinajstić information content (AvgIpc) is 2.80. The number of imidazole rings is 1. The molecule has 0 spiro atoms. The highest BCUT2D eigenvalue weighted by Gasteiger charge is 2.25. The molecule has 1 aliphatic carbocycles. The standard InChI is InChI=1S/C12H13N5O/c18-12(9-2-1-3-9)16-10-6-11(15-7-14-10)17-5-4-13-8-17/h4-9H,1-3H2,(H,14,15,16,18). The van der Waals surface area contributed by atoms with Crippen molar-refractivity contribution in [3.8, 4) is 5.82 Å². The number of carbonyl (C=O) groups is 1. The molecule has 1 aliphatic rings.